The molecule has 15 heavy (non-hydrogen) atoms. The third-order valence-electron chi connectivity index (χ3n) is 3.44. The number of hydrogen-bond acceptors (Lipinski definition) is 4. The lowest BCUT2D eigenvalue weighted by atomic mass is 10.1. The summed E-state index contributed by atoms with van der Waals surface area (Å²) in [5.41, 5.74) is 5.54. The fraction of sp³-hybridized carbons (Fsp3) is 1.00. The van der Waals surface area contributed by atoms with E-state index in [0.717, 1.165) is 13.0 Å². The van der Waals surface area contributed by atoms with Crippen LogP contribution in [0.1, 0.15) is 26.2 Å². The Kier molecular flexibility index (Phi) is 3.97. The standard InChI is InChI=1S/C11H22N2O2/c1-2-13-5-3-4-9(13)6-11-14-8-10(7-12)15-11/h9-11H,2-8,12H2,1H3. The Bertz CT molecular complexity index is 201. The van der Waals surface area contributed by atoms with Gasteiger partial charge in [-0.25, -0.2) is 0 Å². The van der Waals surface area contributed by atoms with Crippen LogP contribution >= 0.6 is 0 Å². The summed E-state index contributed by atoms with van der Waals surface area (Å²) < 4.78 is 11.3. The molecule has 0 radical (unpaired) electrons. The van der Waals surface area contributed by atoms with Crippen LogP contribution in [0.2, 0.25) is 0 Å². The minimum absolute atomic E-state index is 0.0179. The van der Waals surface area contributed by atoms with Gasteiger partial charge in [0.25, 0.3) is 0 Å². The molecule has 4 heteroatoms. The molecule has 2 aliphatic rings. The van der Waals surface area contributed by atoms with E-state index in [9.17, 15) is 0 Å². The molecule has 2 saturated heterocycles. The van der Waals surface area contributed by atoms with Crippen molar-refractivity contribution in [2.75, 3.05) is 26.2 Å². The van der Waals surface area contributed by atoms with Crippen LogP contribution in [0.25, 0.3) is 0 Å². The average molecular weight is 214 g/mol. The highest BCUT2D eigenvalue weighted by Crippen LogP contribution is 2.24. The molecule has 0 aromatic carbocycles. The second kappa shape index (κ2) is 5.25. The molecule has 0 aromatic heterocycles. The smallest absolute Gasteiger partial charge is 0.159 e. The Labute approximate surface area is 91.7 Å². The van der Waals surface area contributed by atoms with Crippen molar-refractivity contribution in [2.45, 2.75) is 44.6 Å². The molecule has 0 saturated carbocycles. The second-order valence-electron chi connectivity index (χ2n) is 4.42. The van der Waals surface area contributed by atoms with Gasteiger partial charge in [-0.2, -0.15) is 0 Å². The predicted molar refractivity (Wildman–Crippen MR) is 58.6 cm³/mol. The molecular weight excluding hydrogens is 192 g/mol. The normalized spacial score (nSPS) is 37.6. The SMILES string of the molecule is CCN1CCCC1CC1OCC(CN)O1. The molecule has 3 atom stereocenters. The largest absolute Gasteiger partial charge is 0.350 e. The first-order valence-corrected chi connectivity index (χ1v) is 6.04. The molecule has 0 amide bonds. The van der Waals surface area contributed by atoms with E-state index >= 15 is 0 Å². The van der Waals surface area contributed by atoms with E-state index in [-0.39, 0.29) is 12.4 Å². The van der Waals surface area contributed by atoms with Crippen LogP contribution in [-0.4, -0.2) is 49.6 Å². The molecule has 0 aliphatic carbocycles. The van der Waals surface area contributed by atoms with Gasteiger partial charge >= 0.3 is 0 Å². The van der Waals surface area contributed by atoms with Crippen LogP contribution in [0.4, 0.5) is 0 Å². The summed E-state index contributed by atoms with van der Waals surface area (Å²) in [5.74, 6) is 0. The highest BCUT2D eigenvalue weighted by molar-refractivity contribution is 4.80. The van der Waals surface area contributed by atoms with Crippen molar-refractivity contribution in [1.29, 1.82) is 0 Å². The Balaban J connectivity index is 1.77. The molecule has 2 fully saturated rings. The third-order valence-corrected chi connectivity index (χ3v) is 3.44. The Hall–Kier alpha value is -0.160. The van der Waals surface area contributed by atoms with Crippen molar-refractivity contribution in [3.05, 3.63) is 0 Å². The molecule has 0 aromatic rings. The van der Waals surface area contributed by atoms with E-state index in [4.69, 9.17) is 15.2 Å². The van der Waals surface area contributed by atoms with Crippen molar-refractivity contribution in [1.82, 2.24) is 4.90 Å². The maximum Gasteiger partial charge on any atom is 0.159 e. The zero-order valence-corrected chi connectivity index (χ0v) is 9.52. The van der Waals surface area contributed by atoms with Gasteiger partial charge in [-0.3, -0.25) is 0 Å². The van der Waals surface area contributed by atoms with Crippen molar-refractivity contribution in [2.24, 2.45) is 5.73 Å². The fourth-order valence-electron chi connectivity index (χ4n) is 2.56. The number of likely N-dealkylation sites (tertiary alicyclic amines) is 1. The Morgan fingerprint density at radius 1 is 1.47 bits per heavy atom. The number of rotatable bonds is 4. The maximum atomic E-state index is 5.69. The molecule has 2 aliphatic heterocycles. The number of ether oxygens (including phenoxy) is 2. The van der Waals surface area contributed by atoms with E-state index in [2.05, 4.69) is 11.8 Å². The predicted octanol–water partition coefficient (Wildman–Crippen LogP) is 0.561. The van der Waals surface area contributed by atoms with Crippen molar-refractivity contribution < 1.29 is 9.47 Å². The average Bonchev–Trinajstić information content (AvgIpc) is 2.87. The van der Waals surface area contributed by atoms with Gasteiger partial charge in [0.15, 0.2) is 6.29 Å². The molecular formula is C11H22N2O2. The third kappa shape index (κ3) is 2.69. The summed E-state index contributed by atoms with van der Waals surface area (Å²) in [7, 11) is 0. The van der Waals surface area contributed by atoms with E-state index in [1.807, 2.05) is 0 Å². The van der Waals surface area contributed by atoms with E-state index in [1.54, 1.807) is 0 Å². The van der Waals surface area contributed by atoms with Gasteiger partial charge in [-0.1, -0.05) is 6.92 Å². The number of nitrogens with two attached hydrogens (primary N) is 1. The lowest BCUT2D eigenvalue weighted by Gasteiger charge is -2.24. The Morgan fingerprint density at radius 3 is 3.00 bits per heavy atom. The van der Waals surface area contributed by atoms with Crippen LogP contribution in [0, 0.1) is 0 Å². The lowest BCUT2D eigenvalue weighted by Crippen LogP contribution is -2.33. The van der Waals surface area contributed by atoms with Gasteiger partial charge in [0.2, 0.25) is 0 Å². The molecule has 0 bridgehead atoms. The zero-order chi connectivity index (χ0) is 10.7. The van der Waals surface area contributed by atoms with Crippen LogP contribution < -0.4 is 5.73 Å². The molecule has 4 nitrogen and oxygen atoms in total. The summed E-state index contributed by atoms with van der Waals surface area (Å²) in [6.07, 6.45) is 3.70. The minimum Gasteiger partial charge on any atom is -0.350 e. The summed E-state index contributed by atoms with van der Waals surface area (Å²) in [4.78, 5) is 2.52. The second-order valence-corrected chi connectivity index (χ2v) is 4.42. The van der Waals surface area contributed by atoms with Crippen LogP contribution in [0.3, 0.4) is 0 Å². The summed E-state index contributed by atoms with van der Waals surface area (Å²) in [6.45, 7) is 5.82. The highest BCUT2D eigenvalue weighted by atomic mass is 16.7. The summed E-state index contributed by atoms with van der Waals surface area (Å²) in [6, 6.07) is 0.650. The first kappa shape index (κ1) is 11.3. The first-order valence-electron chi connectivity index (χ1n) is 6.04. The van der Waals surface area contributed by atoms with Gasteiger partial charge in [0.05, 0.1) is 12.7 Å². The summed E-state index contributed by atoms with van der Waals surface area (Å²) in [5, 5.41) is 0. The molecule has 2 heterocycles. The van der Waals surface area contributed by atoms with Crippen molar-refractivity contribution >= 4 is 0 Å². The Morgan fingerprint density at radius 2 is 2.33 bits per heavy atom. The monoisotopic (exact) mass is 214 g/mol. The van der Waals surface area contributed by atoms with Gasteiger partial charge in [-0.15, -0.1) is 0 Å². The van der Waals surface area contributed by atoms with Crippen LogP contribution in [-0.2, 0) is 9.47 Å². The first-order chi connectivity index (χ1) is 7.33. The number of nitrogens with zero attached hydrogens (tertiary/aromatic N) is 1. The molecule has 0 spiro atoms. The topological polar surface area (TPSA) is 47.7 Å². The van der Waals surface area contributed by atoms with Gasteiger partial charge in [0.1, 0.15) is 0 Å². The maximum absolute atomic E-state index is 5.69. The van der Waals surface area contributed by atoms with Crippen molar-refractivity contribution in [3.8, 4) is 0 Å². The van der Waals surface area contributed by atoms with Gasteiger partial charge in [0, 0.05) is 19.0 Å². The summed E-state index contributed by atoms with van der Waals surface area (Å²) >= 11 is 0. The van der Waals surface area contributed by atoms with Crippen LogP contribution in [0.15, 0.2) is 0 Å². The number of hydrogen-bond donors (Lipinski definition) is 1. The molecule has 3 unspecified atom stereocenters. The van der Waals surface area contributed by atoms with Crippen molar-refractivity contribution in [3.63, 3.8) is 0 Å². The van der Waals surface area contributed by atoms with Gasteiger partial charge < -0.3 is 20.1 Å². The van der Waals surface area contributed by atoms with Gasteiger partial charge in [-0.05, 0) is 25.9 Å². The zero-order valence-electron chi connectivity index (χ0n) is 9.52. The lowest BCUT2D eigenvalue weighted by molar-refractivity contribution is -0.0717. The fourth-order valence-corrected chi connectivity index (χ4v) is 2.56. The molecule has 2 rings (SSSR count). The quantitative estimate of drug-likeness (QED) is 0.743. The van der Waals surface area contributed by atoms with E-state index < -0.39 is 0 Å². The van der Waals surface area contributed by atoms with E-state index in [1.165, 1.54) is 19.4 Å². The van der Waals surface area contributed by atoms with Crippen LogP contribution in [0.5, 0.6) is 0 Å². The molecule has 2 N–H and O–H groups in total. The van der Waals surface area contributed by atoms with E-state index in [0.29, 0.717) is 19.2 Å². The minimum atomic E-state index is -0.0179. The highest BCUT2D eigenvalue weighted by Gasteiger charge is 2.31. The molecule has 88 valence electrons.